The molecule has 0 radical (unpaired) electrons. The molecule has 0 aliphatic heterocycles. The second kappa shape index (κ2) is 7.86. The molecule has 0 aliphatic carbocycles. The number of likely N-dealkylation sites (N-methyl/N-ethyl adjacent to an activating group) is 1. The van der Waals surface area contributed by atoms with Crippen LogP contribution in [0.25, 0.3) is 0 Å². The van der Waals surface area contributed by atoms with Crippen LogP contribution in [0, 0.1) is 0 Å². The quantitative estimate of drug-likeness (QED) is 0.679. The summed E-state index contributed by atoms with van der Waals surface area (Å²) < 4.78 is 4.77. The minimum atomic E-state index is -0.645. The van der Waals surface area contributed by atoms with Crippen LogP contribution in [0.4, 0.5) is 0 Å². The van der Waals surface area contributed by atoms with Gasteiger partial charge in [0, 0.05) is 25.9 Å². The summed E-state index contributed by atoms with van der Waals surface area (Å²) in [6.45, 7) is 3.18. The Hall–Kier alpha value is -2.37. The number of carbonyl (C=O) groups is 2. The molecule has 6 heteroatoms. The average molecular weight is 263 g/mol. The minimum absolute atomic E-state index is 0.159. The Bertz CT molecular complexity index is 434. The van der Waals surface area contributed by atoms with Gasteiger partial charge in [0.15, 0.2) is 6.61 Å². The smallest absolute Gasteiger partial charge is 0.258 e. The highest BCUT2D eigenvalue weighted by Gasteiger charge is 2.20. The normalized spacial score (nSPS) is 11.2. The molecule has 1 heterocycles. The van der Waals surface area contributed by atoms with E-state index in [0.717, 1.165) is 5.56 Å². The van der Waals surface area contributed by atoms with E-state index in [-0.39, 0.29) is 18.4 Å². The molecule has 0 unspecified atom stereocenters. The fourth-order valence-corrected chi connectivity index (χ4v) is 1.51. The molecular formula is C13H17N3O3. The molecule has 102 valence electrons. The van der Waals surface area contributed by atoms with E-state index in [0.29, 0.717) is 6.42 Å². The molecule has 0 saturated carbocycles. The van der Waals surface area contributed by atoms with Crippen LogP contribution in [-0.2, 0) is 20.7 Å². The Balaban J connectivity index is 2.64. The van der Waals surface area contributed by atoms with E-state index in [2.05, 4.69) is 22.2 Å². The lowest BCUT2D eigenvalue weighted by molar-refractivity contribution is -0.130. The van der Waals surface area contributed by atoms with E-state index in [1.54, 1.807) is 24.5 Å². The van der Waals surface area contributed by atoms with Gasteiger partial charge in [0.1, 0.15) is 6.04 Å². The lowest BCUT2D eigenvalue weighted by Gasteiger charge is -2.17. The van der Waals surface area contributed by atoms with Crippen molar-refractivity contribution in [3.05, 3.63) is 42.9 Å². The second-order valence-electron chi connectivity index (χ2n) is 3.77. The SMILES string of the molecule is C=COCC(=O)N[C@@H](Cc1ccncc1)C(=O)NC. The van der Waals surface area contributed by atoms with Crippen molar-refractivity contribution in [3.8, 4) is 0 Å². The summed E-state index contributed by atoms with van der Waals surface area (Å²) in [4.78, 5) is 27.2. The molecule has 1 rings (SSSR count). The summed E-state index contributed by atoms with van der Waals surface area (Å²) in [7, 11) is 1.52. The fourth-order valence-electron chi connectivity index (χ4n) is 1.51. The number of pyridine rings is 1. The highest BCUT2D eigenvalue weighted by molar-refractivity contribution is 5.88. The third-order valence-corrected chi connectivity index (χ3v) is 2.42. The van der Waals surface area contributed by atoms with Crippen molar-refractivity contribution in [2.45, 2.75) is 12.5 Å². The summed E-state index contributed by atoms with van der Waals surface area (Å²) in [5, 5.41) is 5.12. The summed E-state index contributed by atoms with van der Waals surface area (Å²) >= 11 is 0. The van der Waals surface area contributed by atoms with Gasteiger partial charge in [-0.3, -0.25) is 14.6 Å². The molecule has 6 nitrogen and oxygen atoms in total. The van der Waals surface area contributed by atoms with Crippen molar-refractivity contribution in [2.24, 2.45) is 0 Å². The van der Waals surface area contributed by atoms with Crippen molar-refractivity contribution in [3.63, 3.8) is 0 Å². The van der Waals surface area contributed by atoms with Gasteiger partial charge >= 0.3 is 0 Å². The zero-order valence-corrected chi connectivity index (χ0v) is 10.8. The number of hydrogen-bond acceptors (Lipinski definition) is 4. The first kappa shape index (κ1) is 14.7. The van der Waals surface area contributed by atoms with Gasteiger partial charge in [0.05, 0.1) is 6.26 Å². The number of carbonyl (C=O) groups excluding carboxylic acids is 2. The highest BCUT2D eigenvalue weighted by atomic mass is 16.5. The van der Waals surface area contributed by atoms with Crippen LogP contribution in [0.1, 0.15) is 5.56 Å². The number of nitrogens with zero attached hydrogens (tertiary/aromatic N) is 1. The van der Waals surface area contributed by atoms with Crippen molar-refractivity contribution in [1.29, 1.82) is 0 Å². The van der Waals surface area contributed by atoms with Crippen LogP contribution in [-0.4, -0.2) is 36.5 Å². The van der Waals surface area contributed by atoms with Gasteiger partial charge in [-0.2, -0.15) is 0 Å². The zero-order valence-electron chi connectivity index (χ0n) is 10.8. The molecule has 2 N–H and O–H groups in total. The predicted molar refractivity (Wildman–Crippen MR) is 70.1 cm³/mol. The number of ether oxygens (including phenoxy) is 1. The number of aromatic nitrogens is 1. The first-order valence-corrected chi connectivity index (χ1v) is 5.79. The van der Waals surface area contributed by atoms with Crippen molar-refractivity contribution < 1.29 is 14.3 Å². The van der Waals surface area contributed by atoms with Gasteiger partial charge in [-0.1, -0.05) is 6.58 Å². The molecular weight excluding hydrogens is 246 g/mol. The summed E-state index contributed by atoms with van der Waals surface area (Å²) in [5.74, 6) is -0.633. The first-order valence-electron chi connectivity index (χ1n) is 5.79. The molecule has 0 saturated heterocycles. The summed E-state index contributed by atoms with van der Waals surface area (Å²) in [6, 6.07) is 2.94. The lowest BCUT2D eigenvalue weighted by Crippen LogP contribution is -2.48. The van der Waals surface area contributed by atoms with Crippen LogP contribution in [0.2, 0.25) is 0 Å². The van der Waals surface area contributed by atoms with Gasteiger partial charge in [-0.25, -0.2) is 0 Å². The number of rotatable bonds is 7. The molecule has 1 aromatic heterocycles. The Morgan fingerprint density at radius 2 is 2.16 bits per heavy atom. The maximum atomic E-state index is 11.7. The topological polar surface area (TPSA) is 80.3 Å². The maximum Gasteiger partial charge on any atom is 0.258 e. The van der Waals surface area contributed by atoms with Crippen LogP contribution < -0.4 is 10.6 Å². The number of amides is 2. The third-order valence-electron chi connectivity index (χ3n) is 2.42. The Kier molecular flexibility index (Phi) is 6.08. The van der Waals surface area contributed by atoms with Gasteiger partial charge in [0.25, 0.3) is 5.91 Å². The van der Waals surface area contributed by atoms with E-state index in [9.17, 15) is 9.59 Å². The molecule has 2 amide bonds. The van der Waals surface area contributed by atoms with Gasteiger partial charge in [-0.05, 0) is 17.7 Å². The molecule has 0 aromatic carbocycles. The monoisotopic (exact) mass is 263 g/mol. The van der Waals surface area contributed by atoms with Crippen LogP contribution in [0.3, 0.4) is 0 Å². The summed E-state index contributed by atoms with van der Waals surface area (Å²) in [6.07, 6.45) is 4.84. The van der Waals surface area contributed by atoms with Crippen LogP contribution in [0.15, 0.2) is 37.4 Å². The molecule has 0 aliphatic rings. The Labute approximate surface area is 111 Å². The molecule has 1 atom stereocenters. The van der Waals surface area contributed by atoms with E-state index >= 15 is 0 Å². The maximum absolute atomic E-state index is 11.7. The Morgan fingerprint density at radius 1 is 1.47 bits per heavy atom. The molecule has 0 fully saturated rings. The van der Waals surface area contributed by atoms with E-state index in [4.69, 9.17) is 4.74 Å². The summed E-state index contributed by atoms with van der Waals surface area (Å²) in [5.41, 5.74) is 0.911. The lowest BCUT2D eigenvalue weighted by atomic mass is 10.1. The number of nitrogens with one attached hydrogen (secondary N) is 2. The molecule has 19 heavy (non-hydrogen) atoms. The molecule has 0 bridgehead atoms. The van der Waals surface area contributed by atoms with Crippen LogP contribution in [0.5, 0.6) is 0 Å². The van der Waals surface area contributed by atoms with Crippen molar-refractivity contribution in [2.75, 3.05) is 13.7 Å². The van der Waals surface area contributed by atoms with Crippen LogP contribution >= 0.6 is 0 Å². The van der Waals surface area contributed by atoms with E-state index in [1.807, 2.05) is 0 Å². The standard InChI is InChI=1S/C13H17N3O3/c1-3-19-9-12(17)16-11(13(18)14-2)8-10-4-6-15-7-5-10/h3-7,11H,1,8-9H2,2H3,(H,14,18)(H,16,17)/t11-/m0/s1. The Morgan fingerprint density at radius 3 is 2.74 bits per heavy atom. The van der Waals surface area contributed by atoms with E-state index < -0.39 is 6.04 Å². The second-order valence-corrected chi connectivity index (χ2v) is 3.77. The highest BCUT2D eigenvalue weighted by Crippen LogP contribution is 2.02. The molecule has 1 aromatic rings. The van der Waals surface area contributed by atoms with E-state index in [1.165, 1.54) is 13.3 Å². The van der Waals surface area contributed by atoms with Gasteiger partial charge in [-0.15, -0.1) is 0 Å². The zero-order chi connectivity index (χ0) is 14.1. The van der Waals surface area contributed by atoms with Gasteiger partial charge < -0.3 is 15.4 Å². The third kappa shape index (κ3) is 5.20. The average Bonchev–Trinajstić information content (AvgIpc) is 2.44. The fraction of sp³-hybridized carbons (Fsp3) is 0.308. The molecule has 0 spiro atoms. The minimum Gasteiger partial charge on any atom is -0.492 e. The predicted octanol–water partition coefficient (Wildman–Crippen LogP) is 0.0150. The van der Waals surface area contributed by atoms with Crippen molar-refractivity contribution in [1.82, 2.24) is 15.6 Å². The largest absolute Gasteiger partial charge is 0.492 e. The number of hydrogen-bond donors (Lipinski definition) is 2. The first-order chi connectivity index (χ1) is 9.17. The van der Waals surface area contributed by atoms with Gasteiger partial charge in [0.2, 0.25) is 5.91 Å². The van der Waals surface area contributed by atoms with Crippen molar-refractivity contribution >= 4 is 11.8 Å².